The molecule has 0 aliphatic rings. The van der Waals surface area contributed by atoms with Crippen molar-refractivity contribution in [2.45, 2.75) is 26.4 Å². The summed E-state index contributed by atoms with van der Waals surface area (Å²) in [7, 11) is 2.11. The maximum Gasteiger partial charge on any atom is 0.105 e. The first kappa shape index (κ1) is 13.2. The van der Waals surface area contributed by atoms with Crippen LogP contribution in [-0.4, -0.2) is 30.9 Å². The van der Waals surface area contributed by atoms with Crippen LogP contribution in [0.15, 0.2) is 24.3 Å². The van der Waals surface area contributed by atoms with E-state index >= 15 is 0 Å². The highest BCUT2D eigenvalue weighted by Gasteiger charge is 2.06. The van der Waals surface area contributed by atoms with Crippen LogP contribution in [-0.2, 0) is 19.5 Å². The maximum atomic E-state index is 4.28. The Kier molecular flexibility index (Phi) is 3.75. The predicted molar refractivity (Wildman–Crippen MR) is 80.6 cm³/mol. The number of benzene rings is 1. The number of rotatable bonds is 5. The molecule has 6 heteroatoms. The Labute approximate surface area is 122 Å². The van der Waals surface area contributed by atoms with Gasteiger partial charge in [0.05, 0.1) is 17.4 Å². The third kappa shape index (κ3) is 2.86. The summed E-state index contributed by atoms with van der Waals surface area (Å²) in [6, 6.07) is 8.39. The van der Waals surface area contributed by atoms with Gasteiger partial charge in [-0.25, -0.2) is 0 Å². The van der Waals surface area contributed by atoms with Crippen LogP contribution in [0, 0.1) is 0 Å². The zero-order valence-corrected chi connectivity index (χ0v) is 12.4. The number of hydrogen-bond acceptors (Lipinski definition) is 5. The van der Waals surface area contributed by atoms with Crippen molar-refractivity contribution in [1.29, 1.82) is 0 Å². The predicted octanol–water partition coefficient (Wildman–Crippen LogP) is 2.61. The number of fused-ring (bicyclic) bond motifs is 1. The minimum Gasteiger partial charge on any atom is -0.296 e. The van der Waals surface area contributed by atoms with Gasteiger partial charge in [-0.05, 0) is 37.2 Å². The highest BCUT2D eigenvalue weighted by Crippen LogP contribution is 2.15. The Morgan fingerprint density at radius 2 is 2.00 bits per heavy atom. The highest BCUT2D eigenvalue weighted by atomic mass is 32.1. The maximum absolute atomic E-state index is 4.28. The summed E-state index contributed by atoms with van der Waals surface area (Å²) in [4.78, 5) is 2.26. The van der Waals surface area contributed by atoms with Crippen molar-refractivity contribution in [1.82, 2.24) is 23.8 Å². The summed E-state index contributed by atoms with van der Waals surface area (Å²) in [5.41, 5.74) is 5.48. The lowest BCUT2D eigenvalue weighted by Crippen LogP contribution is -2.17. The van der Waals surface area contributed by atoms with Crippen molar-refractivity contribution in [2.24, 2.45) is 0 Å². The number of aromatic amines is 1. The fraction of sp³-hybridized carbons (Fsp3) is 0.357. The largest absolute Gasteiger partial charge is 0.296 e. The van der Waals surface area contributed by atoms with E-state index in [0.717, 1.165) is 41.9 Å². The van der Waals surface area contributed by atoms with E-state index in [0.29, 0.717) is 0 Å². The van der Waals surface area contributed by atoms with Crippen molar-refractivity contribution < 1.29 is 0 Å². The molecule has 0 aliphatic heterocycles. The second-order valence-corrected chi connectivity index (χ2v) is 5.53. The molecule has 104 valence electrons. The Morgan fingerprint density at radius 3 is 2.80 bits per heavy atom. The molecule has 0 saturated heterocycles. The molecule has 0 spiro atoms. The Balaban J connectivity index is 1.66. The van der Waals surface area contributed by atoms with E-state index in [-0.39, 0.29) is 0 Å². The molecule has 0 radical (unpaired) electrons. The lowest BCUT2D eigenvalue weighted by Gasteiger charge is -2.15. The number of nitrogens with zero attached hydrogens (tertiary/aromatic N) is 4. The number of aryl methyl sites for hydroxylation is 1. The van der Waals surface area contributed by atoms with E-state index in [4.69, 9.17) is 0 Å². The summed E-state index contributed by atoms with van der Waals surface area (Å²) in [5.74, 6) is 0. The fourth-order valence-electron chi connectivity index (χ4n) is 2.26. The normalized spacial score (nSPS) is 11.6. The van der Waals surface area contributed by atoms with Gasteiger partial charge in [0.25, 0.3) is 0 Å². The van der Waals surface area contributed by atoms with Gasteiger partial charge in [0.15, 0.2) is 0 Å². The molecule has 1 aromatic carbocycles. The average molecular weight is 287 g/mol. The van der Waals surface area contributed by atoms with Crippen molar-refractivity contribution in [3.05, 3.63) is 41.2 Å². The summed E-state index contributed by atoms with van der Waals surface area (Å²) in [6.45, 7) is 3.86. The monoisotopic (exact) mass is 287 g/mol. The zero-order valence-electron chi connectivity index (χ0n) is 11.6. The second-order valence-electron chi connectivity index (χ2n) is 5.00. The Bertz CT molecular complexity index is 702. The number of H-pyrrole nitrogens is 1. The molecule has 0 saturated carbocycles. The molecule has 0 amide bonds. The summed E-state index contributed by atoms with van der Waals surface area (Å²) in [6.07, 6.45) is 0.966. The van der Waals surface area contributed by atoms with Gasteiger partial charge in [0.2, 0.25) is 0 Å². The molecular weight excluding hydrogens is 270 g/mol. The third-order valence-corrected chi connectivity index (χ3v) is 3.81. The molecule has 2 aromatic heterocycles. The van der Waals surface area contributed by atoms with Gasteiger partial charge in [-0.3, -0.25) is 10.00 Å². The molecule has 0 bridgehead atoms. The SMILES string of the molecule is CCc1cc(CN(C)Cc2ccc3nsnc3c2)[nH]n1. The van der Waals surface area contributed by atoms with Crippen LogP contribution >= 0.6 is 11.7 Å². The van der Waals surface area contributed by atoms with Gasteiger partial charge >= 0.3 is 0 Å². The fourth-order valence-corrected chi connectivity index (χ4v) is 2.77. The van der Waals surface area contributed by atoms with Gasteiger partial charge in [0.1, 0.15) is 11.0 Å². The second kappa shape index (κ2) is 5.68. The summed E-state index contributed by atoms with van der Waals surface area (Å²) >= 11 is 1.26. The smallest absolute Gasteiger partial charge is 0.105 e. The first-order valence-electron chi connectivity index (χ1n) is 6.67. The van der Waals surface area contributed by atoms with E-state index < -0.39 is 0 Å². The average Bonchev–Trinajstić information content (AvgIpc) is 3.06. The van der Waals surface area contributed by atoms with Crippen LogP contribution in [0.4, 0.5) is 0 Å². The van der Waals surface area contributed by atoms with Crippen LogP contribution in [0.3, 0.4) is 0 Å². The van der Waals surface area contributed by atoms with Gasteiger partial charge in [0, 0.05) is 18.8 Å². The zero-order chi connectivity index (χ0) is 13.9. The van der Waals surface area contributed by atoms with Gasteiger partial charge in [-0.1, -0.05) is 13.0 Å². The Morgan fingerprint density at radius 1 is 1.15 bits per heavy atom. The topological polar surface area (TPSA) is 57.7 Å². The molecule has 2 heterocycles. The number of hydrogen-bond donors (Lipinski definition) is 1. The summed E-state index contributed by atoms with van der Waals surface area (Å²) in [5, 5.41) is 7.35. The van der Waals surface area contributed by atoms with Crippen LogP contribution < -0.4 is 0 Å². The van der Waals surface area contributed by atoms with Crippen molar-refractivity contribution in [3.63, 3.8) is 0 Å². The van der Waals surface area contributed by atoms with Gasteiger partial charge in [-0.15, -0.1) is 0 Å². The molecule has 20 heavy (non-hydrogen) atoms. The van der Waals surface area contributed by atoms with Crippen LogP contribution in [0.5, 0.6) is 0 Å². The van der Waals surface area contributed by atoms with Crippen LogP contribution in [0.1, 0.15) is 23.9 Å². The number of nitrogens with one attached hydrogen (secondary N) is 1. The first-order chi connectivity index (χ1) is 9.74. The van der Waals surface area contributed by atoms with Crippen molar-refractivity contribution >= 4 is 22.8 Å². The minimum atomic E-state index is 0.861. The highest BCUT2D eigenvalue weighted by molar-refractivity contribution is 7.00. The van der Waals surface area contributed by atoms with E-state index in [1.807, 2.05) is 6.07 Å². The molecule has 3 aromatic rings. The molecule has 0 unspecified atom stereocenters. The minimum absolute atomic E-state index is 0.861. The van der Waals surface area contributed by atoms with Crippen molar-refractivity contribution in [2.75, 3.05) is 7.05 Å². The number of aromatic nitrogens is 4. The third-order valence-electron chi connectivity index (χ3n) is 3.26. The molecule has 1 N–H and O–H groups in total. The van der Waals surface area contributed by atoms with Crippen LogP contribution in [0.2, 0.25) is 0 Å². The van der Waals surface area contributed by atoms with Crippen molar-refractivity contribution in [3.8, 4) is 0 Å². The van der Waals surface area contributed by atoms with Crippen LogP contribution in [0.25, 0.3) is 11.0 Å². The lowest BCUT2D eigenvalue weighted by molar-refractivity contribution is 0.315. The van der Waals surface area contributed by atoms with Gasteiger partial charge in [-0.2, -0.15) is 13.8 Å². The Hall–Kier alpha value is -1.79. The molecule has 0 fully saturated rings. The molecular formula is C14H17N5S. The first-order valence-corrected chi connectivity index (χ1v) is 7.40. The summed E-state index contributed by atoms with van der Waals surface area (Å²) < 4.78 is 8.50. The standard InChI is InChI=1S/C14H17N5S/c1-3-11-7-12(16-15-11)9-19(2)8-10-4-5-13-14(6-10)18-20-17-13/h4-7H,3,8-9H2,1-2H3,(H,15,16). The van der Waals surface area contributed by atoms with Gasteiger partial charge < -0.3 is 0 Å². The quantitative estimate of drug-likeness (QED) is 0.783. The lowest BCUT2D eigenvalue weighted by atomic mass is 10.2. The molecule has 0 aliphatic carbocycles. The van der Waals surface area contributed by atoms with E-state index in [9.17, 15) is 0 Å². The molecule has 5 nitrogen and oxygen atoms in total. The molecule has 3 rings (SSSR count). The van der Waals surface area contributed by atoms with E-state index in [1.54, 1.807) is 0 Å². The van der Waals surface area contributed by atoms with E-state index in [1.165, 1.54) is 17.3 Å². The van der Waals surface area contributed by atoms with E-state index in [2.05, 4.69) is 56.0 Å². The molecule has 0 atom stereocenters.